The zero-order valence-electron chi connectivity index (χ0n) is 15.8. The molecule has 0 unspecified atom stereocenters. The molecule has 2 N–H and O–H groups in total. The molecule has 0 aromatic heterocycles. The second-order valence-corrected chi connectivity index (χ2v) is 8.71. The minimum absolute atomic E-state index is 0.0525. The highest BCUT2D eigenvalue weighted by molar-refractivity contribution is 5.73. The van der Waals surface area contributed by atoms with Gasteiger partial charge in [0.1, 0.15) is 5.75 Å². The molecule has 4 nitrogen and oxygen atoms in total. The zero-order chi connectivity index (χ0) is 18.5. The SMILES string of the molecule is CCOC(=O)Cc1cc(O)cc2c1[C@H]1CC[C@]3(C)[C@H](O)CC[C@H]3[C@@H]1CC2. The topological polar surface area (TPSA) is 66.8 Å². The molecule has 0 bridgehead atoms. The number of hydrogen-bond donors (Lipinski definition) is 2. The van der Waals surface area contributed by atoms with Gasteiger partial charge in [0.2, 0.25) is 0 Å². The summed E-state index contributed by atoms with van der Waals surface area (Å²) in [5.74, 6) is 1.60. The summed E-state index contributed by atoms with van der Waals surface area (Å²) in [6.45, 7) is 4.47. The van der Waals surface area contributed by atoms with Gasteiger partial charge in [-0.3, -0.25) is 4.79 Å². The van der Waals surface area contributed by atoms with Gasteiger partial charge in [-0.2, -0.15) is 0 Å². The molecule has 0 heterocycles. The third-order valence-electron chi connectivity index (χ3n) is 7.48. The van der Waals surface area contributed by atoms with Crippen molar-refractivity contribution < 1.29 is 19.7 Å². The van der Waals surface area contributed by atoms with Crippen molar-refractivity contribution in [1.82, 2.24) is 0 Å². The van der Waals surface area contributed by atoms with Crippen LogP contribution in [0.25, 0.3) is 0 Å². The second kappa shape index (κ2) is 6.56. The largest absolute Gasteiger partial charge is 0.508 e. The number of benzene rings is 1. The van der Waals surface area contributed by atoms with Crippen LogP contribution >= 0.6 is 0 Å². The van der Waals surface area contributed by atoms with Crippen molar-refractivity contribution in [3.8, 4) is 5.75 Å². The average Bonchev–Trinajstić information content (AvgIpc) is 2.90. The number of aromatic hydroxyl groups is 1. The van der Waals surface area contributed by atoms with Crippen molar-refractivity contribution in [2.45, 2.75) is 70.8 Å². The third-order valence-corrected chi connectivity index (χ3v) is 7.48. The first-order valence-electron chi connectivity index (χ1n) is 10.1. The third kappa shape index (κ3) is 2.74. The van der Waals surface area contributed by atoms with E-state index in [0.717, 1.165) is 44.1 Å². The Morgan fingerprint density at radius 2 is 2.08 bits per heavy atom. The fourth-order valence-electron chi connectivity index (χ4n) is 6.30. The number of aliphatic hydroxyl groups is 1. The molecule has 0 aliphatic heterocycles. The summed E-state index contributed by atoms with van der Waals surface area (Å²) in [6, 6.07) is 3.65. The summed E-state index contributed by atoms with van der Waals surface area (Å²) < 4.78 is 5.16. The Morgan fingerprint density at radius 3 is 2.85 bits per heavy atom. The van der Waals surface area contributed by atoms with E-state index in [1.165, 1.54) is 11.1 Å². The number of ether oxygens (including phenoxy) is 1. The molecule has 0 amide bonds. The number of phenolic OH excluding ortho intramolecular Hbond substituents is 1. The highest BCUT2D eigenvalue weighted by Gasteiger charge is 2.54. The van der Waals surface area contributed by atoms with Crippen LogP contribution in [0.15, 0.2) is 12.1 Å². The molecule has 5 atom stereocenters. The predicted octanol–water partition coefficient (Wildman–Crippen LogP) is 3.71. The van der Waals surface area contributed by atoms with Gasteiger partial charge in [0.15, 0.2) is 0 Å². The van der Waals surface area contributed by atoms with Crippen molar-refractivity contribution in [3.05, 3.63) is 28.8 Å². The molecule has 4 heteroatoms. The lowest BCUT2D eigenvalue weighted by Crippen LogP contribution is -2.44. The summed E-state index contributed by atoms with van der Waals surface area (Å²) in [6.07, 6.45) is 6.26. The number of aryl methyl sites for hydroxylation is 1. The van der Waals surface area contributed by atoms with Crippen LogP contribution in [-0.4, -0.2) is 28.9 Å². The lowest BCUT2D eigenvalue weighted by Gasteiger charge is -2.50. The molecular weight excluding hydrogens is 328 g/mol. The molecule has 0 radical (unpaired) electrons. The van der Waals surface area contributed by atoms with Crippen molar-refractivity contribution in [2.75, 3.05) is 6.61 Å². The summed E-state index contributed by atoms with van der Waals surface area (Å²) in [5, 5.41) is 20.7. The fraction of sp³-hybridized carbons (Fsp3) is 0.682. The van der Waals surface area contributed by atoms with Crippen molar-refractivity contribution in [2.24, 2.45) is 17.3 Å². The molecule has 0 saturated heterocycles. The molecule has 26 heavy (non-hydrogen) atoms. The van der Waals surface area contributed by atoms with E-state index in [1.54, 1.807) is 6.07 Å². The Balaban J connectivity index is 1.70. The van der Waals surface area contributed by atoms with Gasteiger partial charge in [0.25, 0.3) is 0 Å². The fourth-order valence-corrected chi connectivity index (χ4v) is 6.30. The normalized spacial score (nSPS) is 35.3. The van der Waals surface area contributed by atoms with E-state index in [9.17, 15) is 15.0 Å². The Bertz CT molecular complexity index is 712. The van der Waals surface area contributed by atoms with Crippen molar-refractivity contribution in [1.29, 1.82) is 0 Å². The van der Waals surface area contributed by atoms with Crippen LogP contribution in [-0.2, 0) is 22.4 Å². The molecule has 4 rings (SSSR count). The Morgan fingerprint density at radius 1 is 1.27 bits per heavy atom. The van der Waals surface area contributed by atoms with Gasteiger partial charge in [-0.05, 0) is 97.4 Å². The van der Waals surface area contributed by atoms with Gasteiger partial charge in [0, 0.05) is 0 Å². The predicted molar refractivity (Wildman–Crippen MR) is 99.1 cm³/mol. The minimum Gasteiger partial charge on any atom is -0.508 e. The first-order chi connectivity index (χ1) is 12.4. The average molecular weight is 358 g/mol. The summed E-state index contributed by atoms with van der Waals surface area (Å²) in [7, 11) is 0. The maximum absolute atomic E-state index is 12.1. The first-order valence-corrected chi connectivity index (χ1v) is 10.1. The van der Waals surface area contributed by atoms with E-state index < -0.39 is 0 Å². The van der Waals surface area contributed by atoms with E-state index in [1.807, 2.05) is 13.0 Å². The van der Waals surface area contributed by atoms with Gasteiger partial charge in [-0.25, -0.2) is 0 Å². The van der Waals surface area contributed by atoms with Crippen molar-refractivity contribution >= 4 is 5.97 Å². The first kappa shape index (κ1) is 17.8. The molecule has 3 aliphatic rings. The van der Waals surface area contributed by atoms with Crippen LogP contribution in [0.1, 0.15) is 68.6 Å². The standard InChI is InChI=1S/C22H30O4/c1-3-26-20(25)12-14-11-15(23)10-13-4-5-16-17(21(13)14)8-9-22(2)18(16)6-7-19(22)24/h10-11,16-19,23-24H,3-9,12H2,1-2H3/t16-,17+,18+,19-,22+/m1/s1. The van der Waals surface area contributed by atoms with Crippen LogP contribution in [0, 0.1) is 17.3 Å². The Hall–Kier alpha value is -1.55. The number of hydrogen-bond acceptors (Lipinski definition) is 4. The number of phenols is 1. The maximum atomic E-state index is 12.1. The zero-order valence-corrected chi connectivity index (χ0v) is 15.8. The quantitative estimate of drug-likeness (QED) is 0.808. The Kier molecular flexibility index (Phi) is 4.50. The van der Waals surface area contributed by atoms with Gasteiger partial charge in [0.05, 0.1) is 19.1 Å². The van der Waals surface area contributed by atoms with Crippen LogP contribution in [0.4, 0.5) is 0 Å². The molecular formula is C22H30O4. The summed E-state index contributed by atoms with van der Waals surface area (Å²) in [4.78, 5) is 12.1. The van der Waals surface area contributed by atoms with Crippen molar-refractivity contribution in [3.63, 3.8) is 0 Å². The van der Waals surface area contributed by atoms with Crippen LogP contribution in [0.2, 0.25) is 0 Å². The van der Waals surface area contributed by atoms with E-state index in [0.29, 0.717) is 24.4 Å². The maximum Gasteiger partial charge on any atom is 0.310 e. The smallest absolute Gasteiger partial charge is 0.310 e. The minimum atomic E-state index is -0.223. The Labute approximate surface area is 155 Å². The number of fused-ring (bicyclic) bond motifs is 5. The van der Waals surface area contributed by atoms with E-state index in [4.69, 9.17) is 4.74 Å². The highest BCUT2D eigenvalue weighted by Crippen LogP contribution is 2.61. The molecule has 3 aliphatic carbocycles. The monoisotopic (exact) mass is 358 g/mol. The van der Waals surface area contributed by atoms with E-state index in [-0.39, 0.29) is 29.7 Å². The molecule has 1 aromatic rings. The highest BCUT2D eigenvalue weighted by atomic mass is 16.5. The summed E-state index contributed by atoms with van der Waals surface area (Å²) >= 11 is 0. The lowest BCUT2D eigenvalue weighted by atomic mass is 9.55. The molecule has 142 valence electrons. The molecule has 1 aromatic carbocycles. The molecule has 2 fully saturated rings. The second-order valence-electron chi connectivity index (χ2n) is 8.71. The number of esters is 1. The molecule has 2 saturated carbocycles. The number of aliphatic hydroxyl groups excluding tert-OH is 1. The van der Waals surface area contributed by atoms with Gasteiger partial charge in [-0.1, -0.05) is 6.92 Å². The van der Waals surface area contributed by atoms with Crippen LogP contribution in [0.5, 0.6) is 5.75 Å². The lowest BCUT2D eigenvalue weighted by molar-refractivity contribution is -0.142. The van der Waals surface area contributed by atoms with Gasteiger partial charge < -0.3 is 14.9 Å². The van der Waals surface area contributed by atoms with Gasteiger partial charge >= 0.3 is 5.97 Å². The van der Waals surface area contributed by atoms with Gasteiger partial charge in [-0.15, -0.1) is 0 Å². The number of carbonyl (C=O) groups excluding carboxylic acids is 1. The van der Waals surface area contributed by atoms with E-state index in [2.05, 4.69) is 6.92 Å². The summed E-state index contributed by atoms with van der Waals surface area (Å²) in [5.41, 5.74) is 3.48. The number of rotatable bonds is 3. The van der Waals surface area contributed by atoms with E-state index >= 15 is 0 Å². The van der Waals surface area contributed by atoms with Crippen LogP contribution < -0.4 is 0 Å². The molecule has 0 spiro atoms. The van der Waals surface area contributed by atoms with Crippen LogP contribution in [0.3, 0.4) is 0 Å². The number of carbonyl (C=O) groups is 1.